The number of aromatic nitrogens is 2. The van der Waals surface area contributed by atoms with Crippen molar-refractivity contribution in [2.45, 2.75) is 16.2 Å². The molecule has 9 heteroatoms. The predicted octanol–water partition coefficient (Wildman–Crippen LogP) is 2.60. The van der Waals surface area contributed by atoms with Gasteiger partial charge in [0.25, 0.3) is 5.69 Å². The minimum absolute atomic E-state index is 0.237. The number of carboxylic acids is 1. The molecule has 0 spiro atoms. The van der Waals surface area contributed by atoms with Crippen LogP contribution in [-0.4, -0.2) is 26.2 Å². The van der Waals surface area contributed by atoms with Crippen molar-refractivity contribution < 1.29 is 14.8 Å². The average Bonchev–Trinajstić information content (AvgIpc) is 2.74. The topological polar surface area (TPSA) is 106 Å². The van der Waals surface area contributed by atoms with E-state index in [0.29, 0.717) is 4.34 Å². The third-order valence-corrected chi connectivity index (χ3v) is 4.06. The van der Waals surface area contributed by atoms with Crippen LogP contribution in [0.2, 0.25) is 0 Å². The zero-order valence-electron chi connectivity index (χ0n) is 9.56. The van der Waals surface area contributed by atoms with Gasteiger partial charge in [0.05, 0.1) is 9.82 Å². The van der Waals surface area contributed by atoms with E-state index in [2.05, 4.69) is 10.2 Å². The van der Waals surface area contributed by atoms with Gasteiger partial charge in [-0.3, -0.25) is 10.1 Å². The summed E-state index contributed by atoms with van der Waals surface area (Å²) in [5.74, 6) is -1.33. The number of hydrogen-bond donors (Lipinski definition) is 1. The summed E-state index contributed by atoms with van der Waals surface area (Å²) in [5.41, 5.74) is -0.760. The van der Waals surface area contributed by atoms with E-state index < -0.39 is 16.6 Å². The molecule has 0 atom stereocenters. The highest BCUT2D eigenvalue weighted by Gasteiger charge is 2.25. The number of carbonyl (C=O) groups is 1. The van der Waals surface area contributed by atoms with Crippen LogP contribution in [0.25, 0.3) is 0 Å². The van der Waals surface area contributed by atoms with Crippen molar-refractivity contribution in [1.29, 1.82) is 0 Å². The lowest BCUT2D eigenvalue weighted by Crippen LogP contribution is -2.03. The second kappa shape index (κ2) is 5.33. The molecule has 1 aromatic carbocycles. The number of rotatable bonds is 4. The van der Waals surface area contributed by atoms with Crippen LogP contribution in [0, 0.1) is 17.0 Å². The Balaban J connectivity index is 2.47. The summed E-state index contributed by atoms with van der Waals surface area (Å²) < 4.78 is 0.531. The Morgan fingerprint density at radius 2 is 2.21 bits per heavy atom. The van der Waals surface area contributed by atoms with Gasteiger partial charge in [-0.2, -0.15) is 0 Å². The molecule has 1 aromatic heterocycles. The number of nitro groups is 1. The number of benzene rings is 1. The fraction of sp³-hybridized carbons (Fsp3) is 0.100. The predicted molar refractivity (Wildman–Crippen MR) is 68.8 cm³/mol. The van der Waals surface area contributed by atoms with Crippen molar-refractivity contribution >= 4 is 34.8 Å². The van der Waals surface area contributed by atoms with E-state index in [9.17, 15) is 14.9 Å². The Kier molecular flexibility index (Phi) is 3.76. The molecular weight excluding hydrogens is 290 g/mol. The van der Waals surface area contributed by atoms with Crippen molar-refractivity contribution in [3.8, 4) is 0 Å². The number of aryl methyl sites for hydroxylation is 1. The molecule has 0 bridgehead atoms. The second-order valence-corrected chi connectivity index (χ2v) is 5.87. The van der Waals surface area contributed by atoms with Crippen molar-refractivity contribution in [2.75, 3.05) is 0 Å². The van der Waals surface area contributed by atoms with E-state index in [1.165, 1.54) is 29.5 Å². The molecule has 0 aliphatic heterocycles. The van der Waals surface area contributed by atoms with Gasteiger partial charge in [-0.1, -0.05) is 29.2 Å². The van der Waals surface area contributed by atoms with Gasteiger partial charge in [0.2, 0.25) is 0 Å². The van der Waals surface area contributed by atoms with Gasteiger partial charge < -0.3 is 5.11 Å². The maximum atomic E-state index is 11.0. The monoisotopic (exact) mass is 297 g/mol. The molecule has 2 aromatic rings. The van der Waals surface area contributed by atoms with Gasteiger partial charge in [0, 0.05) is 0 Å². The van der Waals surface area contributed by atoms with Crippen LogP contribution in [0.5, 0.6) is 0 Å². The standard InChI is InChI=1S/C10H7N3O4S2/c1-5-11-12-10(18-5)19-7-4-2-3-6(9(14)15)8(7)13(16)17/h2-4H,1H3,(H,14,15). The van der Waals surface area contributed by atoms with Gasteiger partial charge in [0.15, 0.2) is 4.34 Å². The van der Waals surface area contributed by atoms with Crippen LogP contribution >= 0.6 is 23.1 Å². The Morgan fingerprint density at radius 3 is 2.74 bits per heavy atom. The molecule has 0 aliphatic rings. The van der Waals surface area contributed by atoms with Crippen LogP contribution in [0.15, 0.2) is 27.4 Å². The third kappa shape index (κ3) is 2.88. The van der Waals surface area contributed by atoms with Crippen LogP contribution in [0.1, 0.15) is 15.4 Å². The van der Waals surface area contributed by atoms with Crippen LogP contribution in [0.4, 0.5) is 5.69 Å². The number of hydrogen-bond acceptors (Lipinski definition) is 7. The molecule has 1 N–H and O–H groups in total. The molecule has 19 heavy (non-hydrogen) atoms. The molecule has 0 fully saturated rings. The third-order valence-electron chi connectivity index (χ3n) is 2.12. The lowest BCUT2D eigenvalue weighted by Gasteiger charge is -2.02. The Labute approximate surface area is 115 Å². The Hall–Kier alpha value is -2.00. The van der Waals surface area contributed by atoms with E-state index in [1.54, 1.807) is 6.92 Å². The van der Waals surface area contributed by atoms with Crippen LogP contribution in [0.3, 0.4) is 0 Å². The molecule has 0 aliphatic carbocycles. The van der Waals surface area contributed by atoms with Crippen molar-refractivity contribution in [3.05, 3.63) is 38.9 Å². The first-order chi connectivity index (χ1) is 8.99. The molecule has 0 saturated carbocycles. The molecule has 2 rings (SSSR count). The maximum Gasteiger partial charge on any atom is 0.342 e. The minimum Gasteiger partial charge on any atom is -0.477 e. The molecule has 0 radical (unpaired) electrons. The summed E-state index contributed by atoms with van der Waals surface area (Å²) in [6.07, 6.45) is 0. The smallest absolute Gasteiger partial charge is 0.342 e. The first-order valence-corrected chi connectivity index (χ1v) is 6.61. The summed E-state index contributed by atoms with van der Waals surface area (Å²) in [6, 6.07) is 4.16. The number of carboxylic acid groups (broad SMARTS) is 1. The van der Waals surface area contributed by atoms with Crippen molar-refractivity contribution in [1.82, 2.24) is 10.2 Å². The summed E-state index contributed by atoms with van der Waals surface area (Å²) in [4.78, 5) is 21.6. The van der Waals surface area contributed by atoms with E-state index in [0.717, 1.165) is 16.8 Å². The summed E-state index contributed by atoms with van der Waals surface area (Å²) >= 11 is 2.32. The largest absolute Gasteiger partial charge is 0.477 e. The van der Waals surface area contributed by atoms with Crippen LogP contribution in [-0.2, 0) is 0 Å². The van der Waals surface area contributed by atoms with Crippen LogP contribution < -0.4 is 0 Å². The number of nitrogens with zero attached hydrogens (tertiary/aromatic N) is 3. The summed E-state index contributed by atoms with van der Waals surface area (Å²) in [6.45, 7) is 1.77. The highest BCUT2D eigenvalue weighted by molar-refractivity contribution is 8.01. The second-order valence-electron chi connectivity index (χ2n) is 3.40. The quantitative estimate of drug-likeness (QED) is 0.682. The molecular formula is C10H7N3O4S2. The number of aromatic carboxylic acids is 1. The maximum absolute atomic E-state index is 11.0. The lowest BCUT2D eigenvalue weighted by molar-refractivity contribution is -0.388. The fourth-order valence-corrected chi connectivity index (χ4v) is 3.29. The Morgan fingerprint density at radius 1 is 1.47 bits per heavy atom. The molecule has 0 unspecified atom stereocenters. The highest BCUT2D eigenvalue weighted by atomic mass is 32.2. The van der Waals surface area contributed by atoms with Gasteiger partial charge in [-0.25, -0.2) is 4.79 Å². The first kappa shape index (κ1) is 13.4. The first-order valence-electron chi connectivity index (χ1n) is 4.97. The fourth-order valence-electron chi connectivity index (χ4n) is 1.38. The highest BCUT2D eigenvalue weighted by Crippen LogP contribution is 2.37. The summed E-state index contributed by atoms with van der Waals surface area (Å²) in [7, 11) is 0. The zero-order chi connectivity index (χ0) is 14.0. The number of nitro benzene ring substituents is 1. The Bertz CT molecular complexity index is 656. The van der Waals surface area contributed by atoms with E-state index in [-0.39, 0.29) is 10.5 Å². The van der Waals surface area contributed by atoms with Gasteiger partial charge in [0.1, 0.15) is 10.6 Å². The van der Waals surface area contributed by atoms with E-state index in [1.807, 2.05) is 0 Å². The van der Waals surface area contributed by atoms with E-state index >= 15 is 0 Å². The van der Waals surface area contributed by atoms with Crippen molar-refractivity contribution in [3.63, 3.8) is 0 Å². The SMILES string of the molecule is Cc1nnc(Sc2cccc(C(=O)O)c2[N+](=O)[O-])s1. The number of para-hydroxylation sites is 1. The van der Waals surface area contributed by atoms with Crippen molar-refractivity contribution in [2.24, 2.45) is 0 Å². The molecule has 1 heterocycles. The average molecular weight is 297 g/mol. The molecule has 0 saturated heterocycles. The molecule has 98 valence electrons. The normalized spacial score (nSPS) is 10.4. The molecule has 7 nitrogen and oxygen atoms in total. The summed E-state index contributed by atoms with van der Waals surface area (Å²) in [5, 5.41) is 28.4. The van der Waals surface area contributed by atoms with E-state index in [4.69, 9.17) is 5.11 Å². The van der Waals surface area contributed by atoms with Gasteiger partial charge in [-0.05, 0) is 19.1 Å². The minimum atomic E-state index is -1.33. The zero-order valence-corrected chi connectivity index (χ0v) is 11.2. The van der Waals surface area contributed by atoms with Gasteiger partial charge in [-0.15, -0.1) is 10.2 Å². The molecule has 0 amide bonds. The van der Waals surface area contributed by atoms with Gasteiger partial charge >= 0.3 is 5.97 Å². The lowest BCUT2D eigenvalue weighted by atomic mass is 10.2.